The first-order chi connectivity index (χ1) is 16.8. The van der Waals surface area contributed by atoms with E-state index in [-0.39, 0.29) is 75.0 Å². The highest BCUT2D eigenvalue weighted by Crippen LogP contribution is 2.34. The normalized spacial score (nSPS) is 17.8. The molecule has 2 heteroatoms. The molecule has 25 heavy (non-hydrogen) atoms. The monoisotopic (exact) mass is 333 g/mol. The second-order valence-electron chi connectivity index (χ2n) is 5.78. The van der Waals surface area contributed by atoms with Crippen molar-refractivity contribution in [2.75, 3.05) is 0 Å². The van der Waals surface area contributed by atoms with Gasteiger partial charge < -0.3 is 0 Å². The van der Waals surface area contributed by atoms with Crippen molar-refractivity contribution in [3.8, 4) is 11.3 Å². The van der Waals surface area contributed by atoms with E-state index in [1.807, 2.05) is 0 Å². The van der Waals surface area contributed by atoms with Crippen LogP contribution < -0.4 is 0 Å². The van der Waals surface area contributed by atoms with Crippen LogP contribution in [0.15, 0.2) is 72.7 Å². The Morgan fingerprint density at radius 2 is 1.52 bits per heavy atom. The summed E-state index contributed by atoms with van der Waals surface area (Å²) in [7, 11) is 0. The lowest BCUT2D eigenvalue weighted by molar-refractivity contribution is 1.25. The largest absolute Gasteiger partial charge is 0.292 e. The fraction of sp³-hybridized carbons (Fsp3) is 0.0870. The Bertz CT molecular complexity index is 1790. The summed E-state index contributed by atoms with van der Waals surface area (Å²) in [6, 6.07) is -2.42. The number of fused-ring (bicyclic) bond motifs is 6. The van der Waals surface area contributed by atoms with Crippen LogP contribution in [0.5, 0.6) is 0 Å². The standard InChI is InChI=1S/C23H18N2/c1-15-8-7-9-16(2)22(15)21-14-24-23-19-12-4-3-10-17(19)18-11-5-6-13-20(18)25(21)23/h3-14H,1-2H3/i3D,4D,5D,6D,7D,8D,9D,10D,11D,13D,14D. The van der Waals surface area contributed by atoms with Crippen LogP contribution in [0.2, 0.25) is 0 Å². The maximum atomic E-state index is 8.72. The number of hydrogen-bond donors (Lipinski definition) is 0. The molecular formula is C23H18N2. The number of aromatic nitrogens is 2. The van der Waals surface area contributed by atoms with Gasteiger partial charge in [0, 0.05) is 16.3 Å². The van der Waals surface area contributed by atoms with E-state index < -0.39 is 30.2 Å². The van der Waals surface area contributed by atoms with Crippen LogP contribution in [0.1, 0.15) is 26.2 Å². The van der Waals surface area contributed by atoms with Gasteiger partial charge in [-0.25, -0.2) is 4.98 Å². The molecule has 0 spiro atoms. The number of rotatable bonds is 1. The first-order valence-electron chi connectivity index (χ1n) is 13.2. The third-order valence-corrected chi connectivity index (χ3v) is 4.32. The first-order valence-corrected chi connectivity index (χ1v) is 7.70. The molecule has 0 unspecified atom stereocenters. The van der Waals surface area contributed by atoms with Crippen molar-refractivity contribution in [3.05, 3.63) is 83.8 Å². The van der Waals surface area contributed by atoms with Crippen molar-refractivity contribution in [1.29, 1.82) is 0 Å². The number of nitrogens with zero attached hydrogens (tertiary/aromatic N) is 2. The zero-order chi connectivity index (χ0) is 26.5. The molecule has 0 fully saturated rings. The molecule has 2 heterocycles. The highest BCUT2D eigenvalue weighted by Gasteiger charge is 2.15. The van der Waals surface area contributed by atoms with Crippen LogP contribution >= 0.6 is 0 Å². The molecule has 0 aliphatic rings. The zero-order valence-corrected chi connectivity index (χ0v) is 13.5. The summed E-state index contributed by atoms with van der Waals surface area (Å²) in [5, 5.41) is 0.146. The predicted octanol–water partition coefficient (Wildman–Crippen LogP) is 5.92. The summed E-state index contributed by atoms with van der Waals surface area (Å²) < 4.78 is 93.4. The van der Waals surface area contributed by atoms with E-state index in [9.17, 15) is 0 Å². The molecule has 0 bridgehead atoms. The van der Waals surface area contributed by atoms with Gasteiger partial charge in [-0.3, -0.25) is 4.40 Å². The third kappa shape index (κ3) is 1.94. The summed E-state index contributed by atoms with van der Waals surface area (Å²) in [6.45, 7) is 3.16. The molecule has 0 saturated heterocycles. The lowest BCUT2D eigenvalue weighted by atomic mass is 10.00. The molecule has 5 aromatic rings. The minimum Gasteiger partial charge on any atom is -0.292 e. The van der Waals surface area contributed by atoms with Crippen LogP contribution in [0, 0.1) is 13.8 Å². The van der Waals surface area contributed by atoms with Gasteiger partial charge in [0.05, 0.1) is 32.5 Å². The van der Waals surface area contributed by atoms with Crippen molar-refractivity contribution in [1.82, 2.24) is 9.38 Å². The molecule has 120 valence electrons. The predicted molar refractivity (Wildman–Crippen MR) is 105 cm³/mol. The van der Waals surface area contributed by atoms with E-state index >= 15 is 0 Å². The van der Waals surface area contributed by atoms with E-state index in [1.54, 1.807) is 13.8 Å². The quantitative estimate of drug-likeness (QED) is 0.348. The smallest absolute Gasteiger partial charge is 0.145 e. The van der Waals surface area contributed by atoms with E-state index in [2.05, 4.69) is 4.98 Å². The van der Waals surface area contributed by atoms with Gasteiger partial charge in [0.15, 0.2) is 0 Å². The van der Waals surface area contributed by atoms with Crippen molar-refractivity contribution >= 4 is 27.3 Å². The Morgan fingerprint density at radius 3 is 2.36 bits per heavy atom. The molecule has 2 nitrogen and oxygen atoms in total. The van der Waals surface area contributed by atoms with Crippen molar-refractivity contribution in [2.24, 2.45) is 0 Å². The van der Waals surface area contributed by atoms with Crippen LogP contribution in [-0.2, 0) is 0 Å². The number of imidazole rings is 1. The Labute approximate surface area is 161 Å². The summed E-state index contributed by atoms with van der Waals surface area (Å²) in [5.74, 6) is 0. The number of para-hydroxylation sites is 1. The molecule has 0 N–H and O–H groups in total. The van der Waals surface area contributed by atoms with Gasteiger partial charge in [-0.1, -0.05) is 60.4 Å². The average Bonchev–Trinajstić information content (AvgIpc) is 3.18. The molecule has 3 aromatic carbocycles. The number of benzene rings is 3. The summed E-state index contributed by atoms with van der Waals surface area (Å²) >= 11 is 0. The molecule has 0 saturated carbocycles. The fourth-order valence-electron chi connectivity index (χ4n) is 3.23. The minimum absolute atomic E-state index is 0.0272. The molecular weight excluding hydrogens is 304 g/mol. The van der Waals surface area contributed by atoms with Gasteiger partial charge in [-0.2, -0.15) is 0 Å². The lowest BCUT2D eigenvalue weighted by Gasteiger charge is -2.13. The van der Waals surface area contributed by atoms with Crippen molar-refractivity contribution in [2.45, 2.75) is 13.8 Å². The zero-order valence-electron chi connectivity index (χ0n) is 24.5. The van der Waals surface area contributed by atoms with Gasteiger partial charge in [-0.05, 0) is 36.4 Å². The van der Waals surface area contributed by atoms with Gasteiger partial charge in [0.1, 0.15) is 5.65 Å². The van der Waals surface area contributed by atoms with Crippen LogP contribution in [-0.4, -0.2) is 9.38 Å². The number of hydrogen-bond acceptors (Lipinski definition) is 1. The first kappa shape index (κ1) is 7.01. The molecule has 0 amide bonds. The second-order valence-corrected chi connectivity index (χ2v) is 5.78. The fourth-order valence-corrected chi connectivity index (χ4v) is 3.23. The minimum atomic E-state index is -0.536. The van der Waals surface area contributed by atoms with Gasteiger partial charge in [-0.15, -0.1) is 0 Å². The van der Waals surface area contributed by atoms with E-state index in [1.165, 1.54) is 10.5 Å². The Balaban J connectivity index is 2.21. The topological polar surface area (TPSA) is 17.3 Å². The molecule has 0 aliphatic heterocycles. The second kappa shape index (κ2) is 5.18. The molecule has 2 aromatic heterocycles. The van der Waals surface area contributed by atoms with E-state index in [0.717, 1.165) is 0 Å². The maximum Gasteiger partial charge on any atom is 0.145 e. The highest BCUT2D eigenvalue weighted by molar-refractivity contribution is 6.12. The van der Waals surface area contributed by atoms with Gasteiger partial charge in [0.2, 0.25) is 0 Å². The summed E-state index contributed by atoms with van der Waals surface area (Å²) in [5.41, 5.74) is 0.953. The third-order valence-electron chi connectivity index (χ3n) is 4.32. The molecule has 0 radical (unpaired) electrons. The van der Waals surface area contributed by atoms with Crippen molar-refractivity contribution < 1.29 is 15.1 Å². The number of pyridine rings is 1. The SMILES string of the molecule is [2H]c1cc2c(c([2H])c1[2H])c1c([2H])c([2H])c([2H])c([2H])c1n1c(-c3c(C)c([2H])c([2H])c([2H])c3C)c([2H])nc21. The molecule has 5 rings (SSSR count). The lowest BCUT2D eigenvalue weighted by Crippen LogP contribution is -1.96. The summed E-state index contributed by atoms with van der Waals surface area (Å²) in [4.78, 5) is 4.35. The maximum absolute atomic E-state index is 8.72. The Morgan fingerprint density at radius 1 is 0.800 bits per heavy atom. The summed E-state index contributed by atoms with van der Waals surface area (Å²) in [6.07, 6.45) is -0.299. The molecule has 0 aliphatic carbocycles. The Kier molecular flexibility index (Phi) is 1.45. The van der Waals surface area contributed by atoms with Gasteiger partial charge >= 0.3 is 0 Å². The van der Waals surface area contributed by atoms with E-state index in [4.69, 9.17) is 15.1 Å². The average molecular weight is 333 g/mol. The highest BCUT2D eigenvalue weighted by atomic mass is 15.0. The van der Waals surface area contributed by atoms with Crippen molar-refractivity contribution in [3.63, 3.8) is 0 Å². The van der Waals surface area contributed by atoms with Crippen LogP contribution in [0.3, 0.4) is 0 Å². The van der Waals surface area contributed by atoms with Crippen LogP contribution in [0.25, 0.3) is 38.6 Å². The molecule has 0 atom stereocenters. The van der Waals surface area contributed by atoms with Gasteiger partial charge in [0.25, 0.3) is 0 Å². The Hall–Kier alpha value is -3.13. The van der Waals surface area contributed by atoms with E-state index in [0.29, 0.717) is 11.1 Å². The van der Waals surface area contributed by atoms with Crippen LogP contribution in [0.4, 0.5) is 0 Å².